The number of phenolic OH excluding ortho intramolecular Hbond substituents is 1. The number of carbonyl (C=O) groups excluding carboxylic acids is 2. The summed E-state index contributed by atoms with van der Waals surface area (Å²) < 4.78 is 0. The maximum Gasteiger partial charge on any atom is 0.254 e. The van der Waals surface area contributed by atoms with Crippen LogP contribution in [0.2, 0.25) is 0 Å². The Hall–Kier alpha value is -2.08. The fourth-order valence-corrected chi connectivity index (χ4v) is 2.37. The number of benzene rings is 1. The van der Waals surface area contributed by atoms with E-state index in [1.54, 1.807) is 21.9 Å². The van der Waals surface area contributed by atoms with Crippen molar-refractivity contribution >= 4 is 11.8 Å². The summed E-state index contributed by atoms with van der Waals surface area (Å²) in [5.74, 6) is 0.101. The molecular formula is C15H21N3O3. The number of hydrogen-bond acceptors (Lipinski definition) is 4. The number of aromatic hydroxyl groups is 1. The number of carbonyl (C=O) groups is 2. The van der Waals surface area contributed by atoms with Crippen molar-refractivity contribution < 1.29 is 14.7 Å². The molecule has 1 aromatic carbocycles. The maximum absolute atomic E-state index is 12.3. The van der Waals surface area contributed by atoms with Crippen molar-refractivity contribution in [1.82, 2.24) is 15.1 Å². The molecule has 1 aliphatic rings. The van der Waals surface area contributed by atoms with Gasteiger partial charge >= 0.3 is 0 Å². The van der Waals surface area contributed by atoms with Gasteiger partial charge in [0.25, 0.3) is 5.91 Å². The summed E-state index contributed by atoms with van der Waals surface area (Å²) in [5.41, 5.74) is 0.477. The minimum atomic E-state index is -0.103. The van der Waals surface area contributed by atoms with Crippen LogP contribution in [0.5, 0.6) is 5.75 Å². The summed E-state index contributed by atoms with van der Waals surface area (Å²) >= 11 is 0. The van der Waals surface area contributed by atoms with E-state index in [2.05, 4.69) is 5.32 Å². The van der Waals surface area contributed by atoms with Gasteiger partial charge in [-0.1, -0.05) is 6.07 Å². The third kappa shape index (κ3) is 3.95. The topological polar surface area (TPSA) is 72.9 Å². The highest BCUT2D eigenvalue weighted by Crippen LogP contribution is 2.14. The van der Waals surface area contributed by atoms with Crippen molar-refractivity contribution in [3.8, 4) is 5.75 Å². The number of rotatable bonds is 4. The molecule has 0 aromatic heterocycles. The fraction of sp³-hybridized carbons (Fsp3) is 0.467. The van der Waals surface area contributed by atoms with Crippen LogP contribution in [0, 0.1) is 0 Å². The van der Waals surface area contributed by atoms with Crippen LogP contribution in [0.1, 0.15) is 16.8 Å². The Kier molecular flexibility index (Phi) is 5.16. The van der Waals surface area contributed by atoms with Crippen LogP contribution >= 0.6 is 0 Å². The van der Waals surface area contributed by atoms with Crippen molar-refractivity contribution in [3.05, 3.63) is 29.8 Å². The van der Waals surface area contributed by atoms with Crippen molar-refractivity contribution in [2.75, 3.05) is 39.8 Å². The number of piperazine rings is 1. The van der Waals surface area contributed by atoms with Crippen molar-refractivity contribution in [2.45, 2.75) is 6.42 Å². The average Bonchev–Trinajstić information content (AvgIpc) is 2.52. The first-order valence-corrected chi connectivity index (χ1v) is 7.12. The van der Waals surface area contributed by atoms with Crippen LogP contribution < -0.4 is 5.32 Å². The molecule has 0 bridgehead atoms. The van der Waals surface area contributed by atoms with Crippen LogP contribution in [0.15, 0.2) is 24.3 Å². The molecular weight excluding hydrogens is 270 g/mol. The molecule has 6 heteroatoms. The standard InChI is InChI=1S/C15H21N3O3/c1-16-6-5-14(20)17-7-9-18(10-8-17)15(21)12-3-2-4-13(19)11-12/h2-4,11,16,19H,5-10H2,1H3. The van der Waals surface area contributed by atoms with Gasteiger partial charge in [0.15, 0.2) is 0 Å². The first kappa shape index (κ1) is 15.3. The normalized spacial score (nSPS) is 15.1. The van der Waals surface area contributed by atoms with E-state index < -0.39 is 0 Å². The Morgan fingerprint density at radius 3 is 2.48 bits per heavy atom. The zero-order chi connectivity index (χ0) is 15.2. The highest BCUT2D eigenvalue weighted by molar-refractivity contribution is 5.94. The van der Waals surface area contributed by atoms with Crippen molar-refractivity contribution in [1.29, 1.82) is 0 Å². The molecule has 0 atom stereocenters. The second-order valence-electron chi connectivity index (χ2n) is 5.08. The molecule has 0 saturated carbocycles. The first-order valence-electron chi connectivity index (χ1n) is 7.12. The molecule has 114 valence electrons. The predicted octanol–water partition coefficient (Wildman–Crippen LogP) is 0.286. The van der Waals surface area contributed by atoms with Gasteiger partial charge in [0.2, 0.25) is 5.91 Å². The lowest BCUT2D eigenvalue weighted by Crippen LogP contribution is -2.50. The fourth-order valence-electron chi connectivity index (χ4n) is 2.37. The number of nitrogens with one attached hydrogen (secondary N) is 1. The number of amides is 2. The van der Waals surface area contributed by atoms with Gasteiger partial charge in [0, 0.05) is 44.7 Å². The number of phenols is 1. The highest BCUT2D eigenvalue weighted by atomic mass is 16.3. The van der Waals surface area contributed by atoms with Gasteiger partial charge in [-0.05, 0) is 25.2 Å². The Bertz CT molecular complexity index is 511. The van der Waals surface area contributed by atoms with Gasteiger partial charge in [0.05, 0.1) is 0 Å². The molecule has 2 N–H and O–H groups in total. The summed E-state index contributed by atoms with van der Waals surface area (Å²) in [6, 6.07) is 6.34. The first-order chi connectivity index (χ1) is 10.1. The van der Waals surface area contributed by atoms with E-state index in [1.807, 2.05) is 7.05 Å². The minimum Gasteiger partial charge on any atom is -0.508 e. The van der Waals surface area contributed by atoms with Gasteiger partial charge in [-0.25, -0.2) is 0 Å². The molecule has 1 saturated heterocycles. The summed E-state index contributed by atoms with van der Waals surface area (Å²) in [4.78, 5) is 27.7. The highest BCUT2D eigenvalue weighted by Gasteiger charge is 2.24. The summed E-state index contributed by atoms with van der Waals surface area (Å²) in [5, 5.41) is 12.4. The molecule has 1 fully saturated rings. The van der Waals surface area contributed by atoms with Gasteiger partial charge in [-0.3, -0.25) is 9.59 Å². The van der Waals surface area contributed by atoms with Crippen LogP contribution in [0.4, 0.5) is 0 Å². The molecule has 1 heterocycles. The van der Waals surface area contributed by atoms with E-state index in [0.29, 0.717) is 44.7 Å². The lowest BCUT2D eigenvalue weighted by atomic mass is 10.1. The summed E-state index contributed by atoms with van der Waals surface area (Å²) in [6.07, 6.45) is 0.483. The molecule has 0 aliphatic carbocycles. The minimum absolute atomic E-state index is 0.0849. The monoisotopic (exact) mass is 291 g/mol. The van der Waals surface area contributed by atoms with Crippen LogP contribution in [0.25, 0.3) is 0 Å². The van der Waals surface area contributed by atoms with E-state index in [0.717, 1.165) is 0 Å². The summed E-state index contributed by atoms with van der Waals surface area (Å²) in [7, 11) is 1.82. The largest absolute Gasteiger partial charge is 0.508 e. The zero-order valence-corrected chi connectivity index (χ0v) is 12.2. The quantitative estimate of drug-likeness (QED) is 0.836. The Morgan fingerprint density at radius 1 is 1.19 bits per heavy atom. The Morgan fingerprint density at radius 2 is 1.86 bits per heavy atom. The average molecular weight is 291 g/mol. The van der Waals surface area contributed by atoms with Crippen LogP contribution in [-0.2, 0) is 4.79 Å². The van der Waals surface area contributed by atoms with Gasteiger partial charge in [-0.2, -0.15) is 0 Å². The summed E-state index contributed by atoms with van der Waals surface area (Å²) in [6.45, 7) is 2.85. The third-order valence-electron chi connectivity index (χ3n) is 3.60. The predicted molar refractivity (Wildman–Crippen MR) is 79.1 cm³/mol. The van der Waals surface area contributed by atoms with Gasteiger partial charge < -0.3 is 20.2 Å². The van der Waals surface area contributed by atoms with Gasteiger partial charge in [-0.15, -0.1) is 0 Å². The second-order valence-corrected chi connectivity index (χ2v) is 5.08. The molecule has 1 aromatic rings. The molecule has 1 aliphatic heterocycles. The number of hydrogen-bond donors (Lipinski definition) is 2. The van der Waals surface area contributed by atoms with Crippen LogP contribution in [0.3, 0.4) is 0 Å². The zero-order valence-electron chi connectivity index (χ0n) is 12.2. The third-order valence-corrected chi connectivity index (χ3v) is 3.60. The van der Waals surface area contributed by atoms with E-state index in [-0.39, 0.29) is 17.6 Å². The lowest BCUT2D eigenvalue weighted by Gasteiger charge is -2.35. The van der Waals surface area contributed by atoms with Crippen molar-refractivity contribution in [3.63, 3.8) is 0 Å². The molecule has 0 spiro atoms. The van der Waals surface area contributed by atoms with E-state index >= 15 is 0 Å². The Balaban J connectivity index is 1.89. The molecule has 2 amide bonds. The SMILES string of the molecule is CNCCC(=O)N1CCN(C(=O)c2cccc(O)c2)CC1. The van der Waals surface area contributed by atoms with Gasteiger partial charge in [0.1, 0.15) is 5.75 Å². The Labute approximate surface area is 124 Å². The molecule has 2 rings (SSSR count). The lowest BCUT2D eigenvalue weighted by molar-refractivity contribution is -0.132. The molecule has 21 heavy (non-hydrogen) atoms. The van der Waals surface area contributed by atoms with E-state index in [1.165, 1.54) is 12.1 Å². The number of nitrogens with zero attached hydrogens (tertiary/aromatic N) is 2. The van der Waals surface area contributed by atoms with E-state index in [4.69, 9.17) is 0 Å². The molecule has 0 unspecified atom stereocenters. The van der Waals surface area contributed by atoms with E-state index in [9.17, 15) is 14.7 Å². The van der Waals surface area contributed by atoms with Crippen LogP contribution in [-0.4, -0.2) is 66.5 Å². The van der Waals surface area contributed by atoms with Crippen molar-refractivity contribution in [2.24, 2.45) is 0 Å². The molecule has 0 radical (unpaired) electrons. The molecule has 6 nitrogen and oxygen atoms in total. The second kappa shape index (κ2) is 7.08. The maximum atomic E-state index is 12.3. The smallest absolute Gasteiger partial charge is 0.254 e.